The van der Waals surface area contributed by atoms with Crippen LogP contribution in [0.25, 0.3) is 22.5 Å². The quantitative estimate of drug-likeness (QED) is 0.169. The van der Waals surface area contributed by atoms with Gasteiger partial charge in [0.25, 0.3) is 5.91 Å². The Morgan fingerprint density at radius 2 is 1.51 bits per heavy atom. The zero-order valence-corrected chi connectivity index (χ0v) is 22.7. The first kappa shape index (κ1) is 26.6. The molecule has 0 saturated heterocycles. The maximum absolute atomic E-state index is 12.5. The molecule has 4 rings (SSSR count). The van der Waals surface area contributed by atoms with E-state index in [2.05, 4.69) is 28.9 Å². The number of rotatable bonds is 11. The lowest BCUT2D eigenvalue weighted by Gasteiger charge is -2.13. The van der Waals surface area contributed by atoms with Gasteiger partial charge in [-0.3, -0.25) is 4.79 Å². The standard InChI is InChI=1S/C29H30ClN3O3S/c1-4-18-33-27(21-9-15-25(36-3)16-10-21)26(20-7-13-24(35-2)14-8-20)32-29(33)37-19-17-31-28(34)22-5-11-23(30)12-6-22/h5-16H,4,17-19H2,1-3H3,(H,31,34). The molecule has 1 heterocycles. The van der Waals surface area contributed by atoms with Crippen LogP contribution in [-0.4, -0.2) is 42.0 Å². The van der Waals surface area contributed by atoms with Gasteiger partial charge in [-0.05, 0) is 79.2 Å². The Kier molecular flexibility index (Phi) is 9.14. The van der Waals surface area contributed by atoms with Crippen molar-refractivity contribution in [3.63, 3.8) is 0 Å². The fourth-order valence-corrected chi connectivity index (χ4v) is 4.98. The molecule has 37 heavy (non-hydrogen) atoms. The molecule has 192 valence electrons. The molecule has 3 aromatic carbocycles. The van der Waals surface area contributed by atoms with Crippen molar-refractivity contribution in [2.24, 2.45) is 0 Å². The SMILES string of the molecule is CCCn1c(SCCNC(=O)c2ccc(Cl)cc2)nc(-c2ccc(OC)cc2)c1-c1ccc(OC)cc1. The second-order valence-corrected chi connectivity index (χ2v) is 9.81. The van der Waals surface area contributed by atoms with Gasteiger partial charge in [-0.2, -0.15) is 0 Å². The molecule has 0 radical (unpaired) electrons. The van der Waals surface area contributed by atoms with E-state index >= 15 is 0 Å². The van der Waals surface area contributed by atoms with Crippen LogP contribution in [0.3, 0.4) is 0 Å². The number of nitrogens with zero attached hydrogens (tertiary/aromatic N) is 2. The van der Waals surface area contributed by atoms with Gasteiger partial charge < -0.3 is 19.4 Å². The number of imidazole rings is 1. The first-order valence-corrected chi connectivity index (χ1v) is 13.5. The van der Waals surface area contributed by atoms with Gasteiger partial charge in [-0.1, -0.05) is 30.3 Å². The Balaban J connectivity index is 1.60. The summed E-state index contributed by atoms with van der Waals surface area (Å²) in [5.41, 5.74) is 4.64. The van der Waals surface area contributed by atoms with Gasteiger partial charge in [0.05, 0.1) is 25.6 Å². The van der Waals surface area contributed by atoms with E-state index in [1.54, 1.807) is 50.2 Å². The highest BCUT2D eigenvalue weighted by Gasteiger charge is 2.20. The van der Waals surface area contributed by atoms with Crippen molar-refractivity contribution in [1.29, 1.82) is 0 Å². The number of aromatic nitrogens is 2. The number of methoxy groups -OCH3 is 2. The van der Waals surface area contributed by atoms with E-state index in [1.165, 1.54) is 0 Å². The van der Waals surface area contributed by atoms with Crippen LogP contribution >= 0.6 is 23.4 Å². The van der Waals surface area contributed by atoms with Crippen LogP contribution in [0, 0.1) is 0 Å². The van der Waals surface area contributed by atoms with Crippen LogP contribution in [-0.2, 0) is 6.54 Å². The van der Waals surface area contributed by atoms with Crippen LogP contribution in [0.5, 0.6) is 11.5 Å². The second-order valence-electron chi connectivity index (χ2n) is 8.31. The van der Waals surface area contributed by atoms with Crippen molar-refractivity contribution < 1.29 is 14.3 Å². The molecule has 0 aliphatic heterocycles. The van der Waals surface area contributed by atoms with Crippen molar-refractivity contribution >= 4 is 29.3 Å². The summed E-state index contributed by atoms with van der Waals surface area (Å²) in [7, 11) is 3.33. The minimum atomic E-state index is -0.119. The second kappa shape index (κ2) is 12.7. The van der Waals surface area contributed by atoms with Gasteiger partial charge in [0.15, 0.2) is 5.16 Å². The summed E-state index contributed by atoms with van der Waals surface area (Å²) in [5.74, 6) is 2.17. The molecule has 0 saturated carbocycles. The lowest BCUT2D eigenvalue weighted by molar-refractivity contribution is 0.0956. The molecule has 1 amide bonds. The average molecular weight is 536 g/mol. The monoisotopic (exact) mass is 535 g/mol. The Morgan fingerprint density at radius 1 is 0.919 bits per heavy atom. The molecule has 6 nitrogen and oxygen atoms in total. The van der Waals surface area contributed by atoms with Gasteiger partial charge >= 0.3 is 0 Å². The fraction of sp³-hybridized carbons (Fsp3) is 0.241. The van der Waals surface area contributed by atoms with E-state index in [0.29, 0.717) is 22.9 Å². The molecular formula is C29H30ClN3O3S. The van der Waals surface area contributed by atoms with E-state index in [-0.39, 0.29) is 5.91 Å². The van der Waals surface area contributed by atoms with Gasteiger partial charge in [0.2, 0.25) is 0 Å². The third kappa shape index (κ3) is 6.48. The van der Waals surface area contributed by atoms with Crippen LogP contribution in [0.1, 0.15) is 23.7 Å². The first-order chi connectivity index (χ1) is 18.0. The number of benzene rings is 3. The van der Waals surface area contributed by atoms with Crippen molar-refractivity contribution in [1.82, 2.24) is 14.9 Å². The number of thioether (sulfide) groups is 1. The number of hydrogen-bond donors (Lipinski definition) is 1. The molecule has 0 aliphatic carbocycles. The zero-order valence-electron chi connectivity index (χ0n) is 21.2. The molecular weight excluding hydrogens is 506 g/mol. The van der Waals surface area contributed by atoms with E-state index < -0.39 is 0 Å². The molecule has 0 bridgehead atoms. The predicted octanol–water partition coefficient (Wildman–Crippen LogP) is 6.82. The predicted molar refractivity (Wildman–Crippen MR) is 151 cm³/mol. The highest BCUT2D eigenvalue weighted by molar-refractivity contribution is 7.99. The van der Waals surface area contributed by atoms with E-state index in [4.69, 9.17) is 26.1 Å². The van der Waals surface area contributed by atoms with Gasteiger partial charge in [-0.15, -0.1) is 0 Å². The normalized spacial score (nSPS) is 10.8. The molecule has 0 aliphatic rings. The van der Waals surface area contributed by atoms with E-state index in [1.807, 2.05) is 36.4 Å². The lowest BCUT2D eigenvalue weighted by atomic mass is 10.0. The van der Waals surface area contributed by atoms with Crippen LogP contribution in [0.4, 0.5) is 0 Å². The maximum Gasteiger partial charge on any atom is 0.251 e. The minimum Gasteiger partial charge on any atom is -0.497 e. The summed E-state index contributed by atoms with van der Waals surface area (Å²) in [6.07, 6.45) is 0.961. The number of amides is 1. The third-order valence-corrected chi connectivity index (χ3v) is 7.06. The number of hydrogen-bond acceptors (Lipinski definition) is 5. The van der Waals surface area contributed by atoms with E-state index in [0.717, 1.165) is 52.1 Å². The number of ether oxygens (including phenoxy) is 2. The van der Waals surface area contributed by atoms with Gasteiger partial charge in [0.1, 0.15) is 11.5 Å². The molecule has 1 aromatic heterocycles. The van der Waals surface area contributed by atoms with Crippen molar-refractivity contribution in [2.45, 2.75) is 25.0 Å². The molecule has 0 atom stereocenters. The average Bonchev–Trinajstić information content (AvgIpc) is 3.29. The summed E-state index contributed by atoms with van der Waals surface area (Å²) in [6, 6.07) is 22.9. The smallest absolute Gasteiger partial charge is 0.251 e. The van der Waals surface area contributed by atoms with Crippen LogP contribution in [0.15, 0.2) is 78.0 Å². The van der Waals surface area contributed by atoms with E-state index in [9.17, 15) is 4.79 Å². The number of halogens is 1. The number of carbonyl (C=O) groups excluding carboxylic acids is 1. The molecule has 1 N–H and O–H groups in total. The molecule has 0 unspecified atom stereocenters. The first-order valence-electron chi connectivity index (χ1n) is 12.1. The summed E-state index contributed by atoms with van der Waals surface area (Å²) in [6.45, 7) is 3.50. The van der Waals surface area contributed by atoms with Crippen LogP contribution in [0.2, 0.25) is 5.02 Å². The number of nitrogens with one attached hydrogen (secondary N) is 1. The maximum atomic E-state index is 12.5. The molecule has 4 aromatic rings. The Labute approximate surface area is 227 Å². The fourth-order valence-electron chi connectivity index (χ4n) is 3.98. The summed E-state index contributed by atoms with van der Waals surface area (Å²) >= 11 is 7.56. The zero-order chi connectivity index (χ0) is 26.2. The number of carbonyl (C=O) groups is 1. The largest absolute Gasteiger partial charge is 0.497 e. The highest BCUT2D eigenvalue weighted by atomic mass is 35.5. The summed E-state index contributed by atoms with van der Waals surface area (Å²) in [5, 5.41) is 4.51. The summed E-state index contributed by atoms with van der Waals surface area (Å²) < 4.78 is 13.0. The third-order valence-electron chi connectivity index (χ3n) is 5.83. The molecule has 0 fully saturated rings. The molecule has 8 heteroatoms. The van der Waals surface area contributed by atoms with Crippen molar-refractivity contribution in [2.75, 3.05) is 26.5 Å². The van der Waals surface area contributed by atoms with Crippen molar-refractivity contribution in [3.8, 4) is 34.0 Å². The summed E-state index contributed by atoms with van der Waals surface area (Å²) in [4.78, 5) is 17.5. The Bertz CT molecular complexity index is 1320. The highest BCUT2D eigenvalue weighted by Crippen LogP contribution is 2.37. The Morgan fingerprint density at radius 3 is 2.08 bits per heavy atom. The molecule has 0 spiro atoms. The van der Waals surface area contributed by atoms with Gasteiger partial charge in [0, 0.05) is 40.6 Å². The van der Waals surface area contributed by atoms with Crippen LogP contribution < -0.4 is 14.8 Å². The topological polar surface area (TPSA) is 65.4 Å². The van der Waals surface area contributed by atoms with Crippen molar-refractivity contribution in [3.05, 3.63) is 83.4 Å². The van der Waals surface area contributed by atoms with Gasteiger partial charge in [-0.25, -0.2) is 4.98 Å². The minimum absolute atomic E-state index is 0.119. The Hall–Kier alpha value is -3.42. The lowest BCUT2D eigenvalue weighted by Crippen LogP contribution is -2.25.